The summed E-state index contributed by atoms with van der Waals surface area (Å²) in [6, 6.07) is 9.06. The minimum atomic E-state index is -0.691. The van der Waals surface area contributed by atoms with Gasteiger partial charge in [0.25, 0.3) is 0 Å². The fraction of sp³-hybridized carbons (Fsp3) is 0.333. The molecule has 0 aliphatic carbocycles. The number of hydrogen-bond donors (Lipinski definition) is 1. The summed E-state index contributed by atoms with van der Waals surface area (Å²) in [6.07, 6.45) is 0. The highest BCUT2D eigenvalue weighted by molar-refractivity contribution is 5.92. The van der Waals surface area contributed by atoms with Gasteiger partial charge in [-0.05, 0) is 31.5 Å². The Bertz CT molecular complexity index is 761. The summed E-state index contributed by atoms with van der Waals surface area (Å²) in [4.78, 5) is 12.4. The van der Waals surface area contributed by atoms with E-state index < -0.39 is 11.9 Å². The molecule has 0 spiro atoms. The monoisotopic (exact) mass is 344 g/mol. The number of carbonyl (C=O) groups is 1. The number of hydrogen-bond acceptors (Lipinski definition) is 7. The Morgan fingerprint density at radius 1 is 1.44 bits per heavy atom. The summed E-state index contributed by atoms with van der Waals surface area (Å²) in [5, 5.41) is 9.53. The van der Waals surface area contributed by atoms with Crippen LogP contribution < -0.4 is 10.5 Å². The van der Waals surface area contributed by atoms with Gasteiger partial charge in [0.15, 0.2) is 6.79 Å². The molecule has 0 fully saturated rings. The molecular weight excluding hydrogens is 324 g/mol. The zero-order valence-corrected chi connectivity index (χ0v) is 14.4. The highest BCUT2D eigenvalue weighted by Gasteiger charge is 2.36. The van der Waals surface area contributed by atoms with Crippen LogP contribution in [0.3, 0.4) is 0 Å². The van der Waals surface area contributed by atoms with E-state index in [0.717, 1.165) is 0 Å². The topological polar surface area (TPSA) is 104 Å². The molecule has 2 rings (SSSR count). The summed E-state index contributed by atoms with van der Waals surface area (Å²) < 4.78 is 20.8. The van der Waals surface area contributed by atoms with E-state index in [9.17, 15) is 10.1 Å². The molecule has 7 heteroatoms. The average molecular weight is 344 g/mol. The van der Waals surface area contributed by atoms with Crippen LogP contribution in [0.25, 0.3) is 0 Å². The minimum absolute atomic E-state index is 0.0266. The molecular formula is C18H20N2O5. The third-order valence-corrected chi connectivity index (χ3v) is 3.64. The summed E-state index contributed by atoms with van der Waals surface area (Å²) in [5.41, 5.74) is 6.92. The number of carbonyl (C=O) groups excluding carboxylic acids is 1. The first-order chi connectivity index (χ1) is 12.0. The molecule has 0 aromatic heterocycles. The molecule has 1 aliphatic heterocycles. The number of nitrogens with zero attached hydrogens (tertiary/aromatic N) is 1. The molecule has 1 unspecified atom stereocenters. The van der Waals surface area contributed by atoms with Gasteiger partial charge in [-0.25, -0.2) is 4.79 Å². The molecule has 132 valence electrons. The van der Waals surface area contributed by atoms with Gasteiger partial charge < -0.3 is 24.7 Å². The quantitative estimate of drug-likeness (QED) is 0.624. The van der Waals surface area contributed by atoms with Crippen molar-refractivity contribution in [3.8, 4) is 11.8 Å². The fourth-order valence-electron chi connectivity index (χ4n) is 2.60. The lowest BCUT2D eigenvalue weighted by Gasteiger charge is -2.27. The van der Waals surface area contributed by atoms with Crippen LogP contribution in [0.5, 0.6) is 5.75 Å². The van der Waals surface area contributed by atoms with E-state index in [-0.39, 0.29) is 30.4 Å². The van der Waals surface area contributed by atoms with E-state index in [2.05, 4.69) is 0 Å². The Kier molecular flexibility index (Phi) is 6.03. The van der Waals surface area contributed by atoms with Crippen molar-refractivity contribution >= 4 is 5.97 Å². The van der Waals surface area contributed by atoms with Crippen molar-refractivity contribution in [2.75, 3.05) is 20.5 Å². The molecule has 1 atom stereocenters. The van der Waals surface area contributed by atoms with Crippen molar-refractivity contribution in [2.24, 2.45) is 5.73 Å². The van der Waals surface area contributed by atoms with Gasteiger partial charge in [-0.2, -0.15) is 5.26 Å². The standard InChI is InChI=1S/C18H20N2O5/c1-4-23-18(21)15-11(2)25-17(20)14(9-19)16(15)12-6-5-7-13(8-12)24-10-22-3/h5-8,16H,4,10,20H2,1-3H3. The van der Waals surface area contributed by atoms with Crippen molar-refractivity contribution in [3.63, 3.8) is 0 Å². The van der Waals surface area contributed by atoms with Gasteiger partial charge in [0, 0.05) is 7.11 Å². The molecule has 2 N–H and O–H groups in total. The van der Waals surface area contributed by atoms with E-state index in [4.69, 9.17) is 24.7 Å². The third-order valence-electron chi connectivity index (χ3n) is 3.64. The van der Waals surface area contributed by atoms with Crippen molar-refractivity contribution in [3.05, 3.63) is 52.6 Å². The number of nitrogens with two attached hydrogens (primary N) is 1. The van der Waals surface area contributed by atoms with Gasteiger partial charge in [-0.3, -0.25) is 0 Å². The number of nitriles is 1. The molecule has 0 radical (unpaired) electrons. The third kappa shape index (κ3) is 3.92. The molecule has 7 nitrogen and oxygen atoms in total. The smallest absolute Gasteiger partial charge is 0.338 e. The van der Waals surface area contributed by atoms with Crippen molar-refractivity contribution in [1.29, 1.82) is 5.26 Å². The SMILES string of the molecule is CCOC(=O)C1=C(C)OC(N)=C(C#N)C1c1cccc(OCOC)c1. The lowest BCUT2D eigenvalue weighted by atomic mass is 9.83. The van der Waals surface area contributed by atoms with E-state index in [1.54, 1.807) is 38.1 Å². The molecule has 1 aromatic carbocycles. The van der Waals surface area contributed by atoms with Crippen LogP contribution in [0.15, 0.2) is 47.1 Å². The van der Waals surface area contributed by atoms with Crippen LogP contribution in [0.1, 0.15) is 25.3 Å². The Labute approximate surface area is 146 Å². The summed E-state index contributed by atoms with van der Waals surface area (Å²) in [6.45, 7) is 3.62. The summed E-state index contributed by atoms with van der Waals surface area (Å²) >= 11 is 0. The first kappa shape index (κ1) is 18.4. The van der Waals surface area contributed by atoms with Crippen LogP contribution >= 0.6 is 0 Å². The number of esters is 1. The maximum Gasteiger partial charge on any atom is 0.338 e. The predicted octanol–water partition coefficient (Wildman–Crippen LogP) is 2.31. The minimum Gasteiger partial charge on any atom is -0.468 e. The van der Waals surface area contributed by atoms with Crippen molar-refractivity contribution < 1.29 is 23.7 Å². The lowest BCUT2D eigenvalue weighted by molar-refractivity contribution is -0.139. The van der Waals surface area contributed by atoms with Gasteiger partial charge in [0.05, 0.1) is 18.1 Å². The van der Waals surface area contributed by atoms with Crippen LogP contribution in [-0.4, -0.2) is 26.5 Å². The maximum atomic E-state index is 12.4. The van der Waals surface area contributed by atoms with E-state index >= 15 is 0 Å². The van der Waals surface area contributed by atoms with E-state index in [1.165, 1.54) is 7.11 Å². The Morgan fingerprint density at radius 3 is 2.84 bits per heavy atom. The van der Waals surface area contributed by atoms with Crippen LogP contribution in [0.4, 0.5) is 0 Å². The maximum absolute atomic E-state index is 12.4. The largest absolute Gasteiger partial charge is 0.468 e. The first-order valence-corrected chi connectivity index (χ1v) is 7.70. The zero-order valence-electron chi connectivity index (χ0n) is 14.4. The second-order valence-electron chi connectivity index (χ2n) is 5.24. The van der Waals surface area contributed by atoms with Crippen LogP contribution in [0.2, 0.25) is 0 Å². The van der Waals surface area contributed by atoms with Gasteiger partial charge in [-0.15, -0.1) is 0 Å². The fourth-order valence-corrected chi connectivity index (χ4v) is 2.60. The Hall–Kier alpha value is -2.98. The molecule has 1 heterocycles. The first-order valence-electron chi connectivity index (χ1n) is 7.70. The van der Waals surface area contributed by atoms with E-state index in [1.807, 2.05) is 6.07 Å². The molecule has 1 aliphatic rings. The van der Waals surface area contributed by atoms with Crippen molar-refractivity contribution in [2.45, 2.75) is 19.8 Å². The number of ether oxygens (including phenoxy) is 4. The second-order valence-corrected chi connectivity index (χ2v) is 5.24. The van der Waals surface area contributed by atoms with Gasteiger partial charge in [-0.1, -0.05) is 12.1 Å². The summed E-state index contributed by atoms with van der Waals surface area (Å²) in [5.74, 6) is -0.413. The predicted molar refractivity (Wildman–Crippen MR) is 88.9 cm³/mol. The molecule has 1 aromatic rings. The van der Waals surface area contributed by atoms with Crippen LogP contribution in [0, 0.1) is 11.3 Å². The zero-order chi connectivity index (χ0) is 18.4. The van der Waals surface area contributed by atoms with Crippen molar-refractivity contribution in [1.82, 2.24) is 0 Å². The number of methoxy groups -OCH3 is 1. The number of rotatable bonds is 6. The molecule has 25 heavy (non-hydrogen) atoms. The molecule has 0 saturated carbocycles. The molecule has 0 bridgehead atoms. The van der Waals surface area contributed by atoms with Gasteiger partial charge in [0.2, 0.25) is 5.88 Å². The Balaban J connectivity index is 2.53. The number of benzene rings is 1. The Morgan fingerprint density at radius 2 is 2.20 bits per heavy atom. The van der Waals surface area contributed by atoms with Gasteiger partial charge >= 0.3 is 5.97 Å². The lowest BCUT2D eigenvalue weighted by Crippen LogP contribution is -2.25. The highest BCUT2D eigenvalue weighted by atomic mass is 16.7. The highest BCUT2D eigenvalue weighted by Crippen LogP contribution is 2.40. The normalized spacial score (nSPS) is 17.0. The number of allylic oxidation sites excluding steroid dienone is 2. The molecule has 0 saturated heterocycles. The molecule has 0 amide bonds. The van der Waals surface area contributed by atoms with Crippen LogP contribution in [-0.2, 0) is 19.0 Å². The van der Waals surface area contributed by atoms with E-state index in [0.29, 0.717) is 17.1 Å². The second kappa shape index (κ2) is 8.22. The average Bonchev–Trinajstić information content (AvgIpc) is 2.59. The van der Waals surface area contributed by atoms with Gasteiger partial charge in [0.1, 0.15) is 23.2 Å². The summed E-state index contributed by atoms with van der Waals surface area (Å²) in [7, 11) is 1.52.